The highest BCUT2D eigenvalue weighted by atomic mass is 15.2. The van der Waals surface area contributed by atoms with Crippen molar-refractivity contribution in [1.82, 2.24) is 29.2 Å². The Labute approximate surface area is 157 Å². The van der Waals surface area contributed by atoms with Crippen molar-refractivity contribution in [1.29, 1.82) is 0 Å². The van der Waals surface area contributed by atoms with Crippen LogP contribution in [0.4, 0.5) is 0 Å². The minimum absolute atomic E-state index is 0.778. The van der Waals surface area contributed by atoms with Crippen molar-refractivity contribution in [3.05, 3.63) is 77.9 Å². The fraction of sp³-hybridized carbons (Fsp3) is 0.238. The number of pyridine rings is 2. The van der Waals surface area contributed by atoms with Crippen LogP contribution in [0.25, 0.3) is 16.9 Å². The van der Waals surface area contributed by atoms with E-state index in [2.05, 4.69) is 44.5 Å². The van der Waals surface area contributed by atoms with Crippen LogP contribution in [0.2, 0.25) is 0 Å². The highest BCUT2D eigenvalue weighted by Gasteiger charge is 2.20. The molecule has 0 fully saturated rings. The smallest absolute Gasteiger partial charge is 0.159 e. The van der Waals surface area contributed by atoms with Crippen molar-refractivity contribution in [2.24, 2.45) is 0 Å². The molecule has 4 aromatic heterocycles. The maximum Gasteiger partial charge on any atom is 0.159 e. The molecule has 0 N–H and O–H groups in total. The summed E-state index contributed by atoms with van der Waals surface area (Å²) in [5.74, 6) is 1.81. The first-order valence-corrected chi connectivity index (χ1v) is 9.18. The lowest BCUT2D eigenvalue weighted by Gasteiger charge is -2.27. The predicted molar refractivity (Wildman–Crippen MR) is 103 cm³/mol. The summed E-state index contributed by atoms with van der Waals surface area (Å²) in [7, 11) is 0. The van der Waals surface area contributed by atoms with Gasteiger partial charge in [0, 0.05) is 62.0 Å². The molecule has 0 bridgehead atoms. The van der Waals surface area contributed by atoms with Gasteiger partial charge < -0.3 is 4.40 Å². The molecule has 0 atom stereocenters. The van der Waals surface area contributed by atoms with Crippen LogP contribution in [0.15, 0.2) is 55.1 Å². The largest absolute Gasteiger partial charge is 0.304 e. The number of hydrogen-bond donors (Lipinski definition) is 0. The van der Waals surface area contributed by atoms with Gasteiger partial charge in [0.05, 0.1) is 16.9 Å². The lowest BCUT2D eigenvalue weighted by atomic mass is 10.1. The summed E-state index contributed by atoms with van der Waals surface area (Å²) in [6, 6.07) is 10.1. The highest BCUT2D eigenvalue weighted by molar-refractivity contribution is 5.54. The number of rotatable bonds is 3. The lowest BCUT2D eigenvalue weighted by molar-refractivity contribution is 0.241. The average molecular weight is 356 g/mol. The van der Waals surface area contributed by atoms with Crippen molar-refractivity contribution in [3.8, 4) is 11.4 Å². The van der Waals surface area contributed by atoms with Gasteiger partial charge in [0.25, 0.3) is 0 Å². The first-order valence-electron chi connectivity index (χ1n) is 9.18. The Morgan fingerprint density at radius 1 is 1.07 bits per heavy atom. The van der Waals surface area contributed by atoms with Gasteiger partial charge in [-0.05, 0) is 31.2 Å². The highest BCUT2D eigenvalue weighted by Crippen LogP contribution is 2.23. The van der Waals surface area contributed by atoms with Gasteiger partial charge in [-0.25, -0.2) is 15.0 Å². The third kappa shape index (κ3) is 2.98. The summed E-state index contributed by atoms with van der Waals surface area (Å²) in [5, 5.41) is 0. The summed E-state index contributed by atoms with van der Waals surface area (Å²) in [5.41, 5.74) is 5.68. The van der Waals surface area contributed by atoms with E-state index < -0.39 is 0 Å². The first kappa shape index (κ1) is 16.1. The van der Waals surface area contributed by atoms with Crippen LogP contribution in [0.5, 0.6) is 0 Å². The van der Waals surface area contributed by atoms with Gasteiger partial charge in [-0.3, -0.25) is 9.88 Å². The number of hydrogen-bond acceptors (Lipinski definition) is 5. The number of aromatic nitrogens is 5. The van der Waals surface area contributed by atoms with E-state index >= 15 is 0 Å². The van der Waals surface area contributed by atoms with Gasteiger partial charge >= 0.3 is 0 Å². The second kappa shape index (κ2) is 6.55. The van der Waals surface area contributed by atoms with E-state index in [1.807, 2.05) is 24.4 Å². The van der Waals surface area contributed by atoms with Crippen molar-refractivity contribution < 1.29 is 0 Å². The van der Waals surface area contributed by atoms with Crippen molar-refractivity contribution in [2.75, 3.05) is 6.54 Å². The van der Waals surface area contributed by atoms with Crippen LogP contribution in [-0.4, -0.2) is 35.8 Å². The first-order chi connectivity index (χ1) is 13.3. The molecule has 0 amide bonds. The van der Waals surface area contributed by atoms with Gasteiger partial charge in [0.15, 0.2) is 5.82 Å². The SMILES string of the molecule is Cc1nc(CN2CCc3nc(-c4ccncc4)ncc3C2)c2ccccn12. The molecule has 0 unspecified atom stereocenters. The molecule has 4 aromatic rings. The summed E-state index contributed by atoms with van der Waals surface area (Å²) in [4.78, 5) is 20.6. The molecular formula is C21H20N6. The zero-order valence-electron chi connectivity index (χ0n) is 15.2. The summed E-state index contributed by atoms with van der Waals surface area (Å²) in [6.07, 6.45) is 8.52. The summed E-state index contributed by atoms with van der Waals surface area (Å²) < 4.78 is 2.15. The normalized spacial score (nSPS) is 14.4. The van der Waals surface area contributed by atoms with E-state index in [0.717, 1.165) is 54.7 Å². The lowest BCUT2D eigenvalue weighted by Crippen LogP contribution is -2.31. The fourth-order valence-electron chi connectivity index (χ4n) is 3.74. The standard InChI is InChI=1S/C21H20N6/c1-15-24-19(20-4-2-3-10-27(15)20)14-26-11-7-18-17(13-26)12-23-21(25-18)16-5-8-22-9-6-16/h2-6,8-10,12H,7,11,13-14H2,1H3. The van der Waals surface area contributed by atoms with E-state index in [4.69, 9.17) is 9.97 Å². The fourth-order valence-corrected chi connectivity index (χ4v) is 3.74. The zero-order chi connectivity index (χ0) is 18.2. The van der Waals surface area contributed by atoms with E-state index in [0.29, 0.717) is 0 Å². The van der Waals surface area contributed by atoms with Crippen molar-refractivity contribution in [2.45, 2.75) is 26.4 Å². The molecule has 27 heavy (non-hydrogen) atoms. The average Bonchev–Trinajstić information content (AvgIpc) is 3.04. The number of nitrogens with zero attached hydrogens (tertiary/aromatic N) is 6. The molecule has 5 heterocycles. The second-order valence-electron chi connectivity index (χ2n) is 6.92. The van der Waals surface area contributed by atoms with Crippen molar-refractivity contribution >= 4 is 5.52 Å². The molecule has 6 heteroatoms. The number of aryl methyl sites for hydroxylation is 1. The van der Waals surface area contributed by atoms with Gasteiger partial charge in [-0.15, -0.1) is 0 Å². The topological polar surface area (TPSA) is 59.2 Å². The second-order valence-corrected chi connectivity index (χ2v) is 6.92. The van der Waals surface area contributed by atoms with Gasteiger partial charge in [0.1, 0.15) is 5.82 Å². The summed E-state index contributed by atoms with van der Waals surface area (Å²) >= 11 is 0. The Kier molecular flexibility index (Phi) is 3.90. The van der Waals surface area contributed by atoms with E-state index in [1.54, 1.807) is 12.4 Å². The van der Waals surface area contributed by atoms with Crippen LogP contribution in [-0.2, 0) is 19.5 Å². The quantitative estimate of drug-likeness (QED) is 0.565. The van der Waals surface area contributed by atoms with Gasteiger partial charge in [-0.2, -0.15) is 0 Å². The maximum absolute atomic E-state index is 4.79. The van der Waals surface area contributed by atoms with E-state index in [9.17, 15) is 0 Å². The monoisotopic (exact) mass is 356 g/mol. The van der Waals surface area contributed by atoms with Gasteiger partial charge in [0.2, 0.25) is 0 Å². The van der Waals surface area contributed by atoms with Crippen LogP contribution in [0.1, 0.15) is 22.8 Å². The van der Waals surface area contributed by atoms with E-state index in [1.165, 1.54) is 11.1 Å². The summed E-state index contributed by atoms with van der Waals surface area (Å²) in [6.45, 7) is 4.73. The Morgan fingerprint density at radius 2 is 1.96 bits per heavy atom. The Hall–Kier alpha value is -3.12. The zero-order valence-corrected chi connectivity index (χ0v) is 15.2. The Balaban J connectivity index is 1.38. The number of fused-ring (bicyclic) bond motifs is 2. The maximum atomic E-state index is 4.79. The molecule has 0 radical (unpaired) electrons. The Bertz CT molecular complexity index is 1100. The molecule has 0 saturated heterocycles. The van der Waals surface area contributed by atoms with Crippen LogP contribution in [0.3, 0.4) is 0 Å². The molecule has 5 rings (SSSR count). The molecule has 1 aliphatic rings. The molecule has 6 nitrogen and oxygen atoms in total. The molecule has 0 saturated carbocycles. The van der Waals surface area contributed by atoms with Crippen LogP contribution in [0, 0.1) is 6.92 Å². The molecule has 1 aliphatic heterocycles. The van der Waals surface area contributed by atoms with E-state index in [-0.39, 0.29) is 0 Å². The molecule has 0 aromatic carbocycles. The van der Waals surface area contributed by atoms with Crippen LogP contribution < -0.4 is 0 Å². The van der Waals surface area contributed by atoms with Gasteiger partial charge in [-0.1, -0.05) is 6.07 Å². The predicted octanol–water partition coefficient (Wildman–Crippen LogP) is 3.05. The van der Waals surface area contributed by atoms with Crippen molar-refractivity contribution in [3.63, 3.8) is 0 Å². The molecule has 0 aliphatic carbocycles. The molecule has 134 valence electrons. The van der Waals surface area contributed by atoms with Crippen LogP contribution >= 0.6 is 0 Å². The minimum Gasteiger partial charge on any atom is -0.304 e. The third-order valence-electron chi connectivity index (χ3n) is 5.13. The minimum atomic E-state index is 0.778. The molecular weight excluding hydrogens is 336 g/mol. The molecule has 0 spiro atoms. The number of imidazole rings is 1. The third-order valence-corrected chi connectivity index (χ3v) is 5.13. The Morgan fingerprint density at radius 3 is 2.85 bits per heavy atom.